The molecule has 0 fully saturated rings. The Morgan fingerprint density at radius 2 is 1.47 bits per heavy atom. The van der Waals surface area contributed by atoms with Gasteiger partial charge in [0.05, 0.1) is 22.9 Å². The van der Waals surface area contributed by atoms with Crippen LogP contribution in [0.2, 0.25) is 0 Å². The lowest BCUT2D eigenvalue weighted by atomic mass is 9.75. The summed E-state index contributed by atoms with van der Waals surface area (Å²) < 4.78 is 0. The maximum Gasteiger partial charge on any atom is 0.201 e. The Morgan fingerprint density at radius 1 is 0.778 bits per heavy atom. The predicted octanol–water partition coefficient (Wildman–Crippen LogP) is 6.08. The largest absolute Gasteiger partial charge is 0.506 e. The molecule has 1 atom stereocenters. The topological polar surface area (TPSA) is 85.4 Å². The second-order valence-corrected chi connectivity index (χ2v) is 11.1. The molecule has 0 saturated heterocycles. The number of aliphatic hydroxyl groups is 1. The number of rotatable bonds is 1. The van der Waals surface area contributed by atoms with E-state index in [9.17, 15) is 9.90 Å². The zero-order valence-electron chi connectivity index (χ0n) is 20.7. The normalized spacial score (nSPS) is 24.4. The zero-order chi connectivity index (χ0) is 25.0. The van der Waals surface area contributed by atoms with Crippen molar-refractivity contribution in [2.24, 2.45) is 0 Å². The third-order valence-corrected chi connectivity index (χ3v) is 7.53. The number of hydrogen-bond donors (Lipinski definition) is 5. The first-order valence-electron chi connectivity index (χ1n) is 12.4. The molecule has 5 N–H and O–H groups in total. The number of ketones is 1. The number of carbonyl (C=O) groups excluding carboxylic acids is 1. The lowest BCUT2D eigenvalue weighted by molar-refractivity contribution is -0.111. The van der Waals surface area contributed by atoms with E-state index in [1.54, 1.807) is 0 Å². The number of aliphatic hydroxyl groups excluding tert-OH is 1. The van der Waals surface area contributed by atoms with Gasteiger partial charge in [0, 0.05) is 28.0 Å². The van der Waals surface area contributed by atoms with Crippen LogP contribution in [0, 0.1) is 0 Å². The molecule has 3 aromatic rings. The first-order valence-corrected chi connectivity index (χ1v) is 12.4. The first kappa shape index (κ1) is 21.3. The summed E-state index contributed by atoms with van der Waals surface area (Å²) in [6.07, 6.45) is 4.05. The molecule has 2 aliphatic carbocycles. The fourth-order valence-corrected chi connectivity index (χ4v) is 6.16. The molecule has 1 unspecified atom stereocenters. The average molecular weight is 477 g/mol. The summed E-state index contributed by atoms with van der Waals surface area (Å²) in [7, 11) is 0. The van der Waals surface area contributed by atoms with E-state index in [1.807, 2.05) is 48.5 Å². The minimum atomic E-state index is -0.285. The van der Waals surface area contributed by atoms with Crippen LogP contribution < -0.4 is 21.3 Å². The van der Waals surface area contributed by atoms with Gasteiger partial charge >= 0.3 is 0 Å². The van der Waals surface area contributed by atoms with Crippen LogP contribution in [-0.2, 0) is 4.79 Å². The summed E-state index contributed by atoms with van der Waals surface area (Å²) in [5, 5.41) is 27.5. The number of hydrogen-bond acceptors (Lipinski definition) is 6. The Labute approximate surface area is 209 Å². The number of carbonyl (C=O) groups is 1. The summed E-state index contributed by atoms with van der Waals surface area (Å²) in [4.78, 5) is 13.7. The monoisotopic (exact) mass is 476 g/mol. The molecular formula is C30H28N4O2. The molecule has 2 aliphatic heterocycles. The van der Waals surface area contributed by atoms with Crippen molar-refractivity contribution in [3.05, 3.63) is 88.7 Å². The summed E-state index contributed by atoms with van der Waals surface area (Å²) in [6, 6.07) is 16.1. The molecule has 6 heteroatoms. The van der Waals surface area contributed by atoms with Crippen molar-refractivity contribution < 1.29 is 9.90 Å². The molecule has 0 aromatic heterocycles. The highest BCUT2D eigenvalue weighted by Crippen LogP contribution is 2.49. The van der Waals surface area contributed by atoms with E-state index in [1.165, 1.54) is 0 Å². The van der Waals surface area contributed by atoms with Gasteiger partial charge in [-0.1, -0.05) is 42.5 Å². The van der Waals surface area contributed by atoms with Crippen molar-refractivity contribution >= 4 is 44.8 Å². The molecule has 180 valence electrons. The van der Waals surface area contributed by atoms with E-state index in [0.717, 1.165) is 50.1 Å². The predicted molar refractivity (Wildman–Crippen MR) is 146 cm³/mol. The van der Waals surface area contributed by atoms with Crippen LogP contribution >= 0.6 is 0 Å². The van der Waals surface area contributed by atoms with Gasteiger partial charge in [0.1, 0.15) is 11.4 Å². The van der Waals surface area contributed by atoms with Gasteiger partial charge in [-0.3, -0.25) is 10.1 Å². The quantitative estimate of drug-likeness (QED) is 0.274. The van der Waals surface area contributed by atoms with Gasteiger partial charge in [0.25, 0.3) is 0 Å². The van der Waals surface area contributed by atoms with Crippen LogP contribution in [-0.4, -0.2) is 22.2 Å². The first-order chi connectivity index (χ1) is 17.1. The van der Waals surface area contributed by atoms with E-state index in [0.29, 0.717) is 11.1 Å². The second-order valence-electron chi connectivity index (χ2n) is 11.1. The van der Waals surface area contributed by atoms with Crippen LogP contribution in [0.3, 0.4) is 0 Å². The van der Waals surface area contributed by atoms with Gasteiger partial charge in [-0.2, -0.15) is 0 Å². The van der Waals surface area contributed by atoms with Gasteiger partial charge in [0.2, 0.25) is 5.78 Å². The molecule has 0 amide bonds. The molecule has 0 bridgehead atoms. The third-order valence-electron chi connectivity index (χ3n) is 7.53. The fraction of sp³-hybridized carbons (Fsp3) is 0.233. The van der Waals surface area contributed by atoms with E-state index in [4.69, 9.17) is 0 Å². The van der Waals surface area contributed by atoms with Crippen LogP contribution in [0.4, 0.5) is 17.1 Å². The minimum Gasteiger partial charge on any atom is -0.506 e. The maximum absolute atomic E-state index is 13.7. The second kappa shape index (κ2) is 6.80. The number of nitrogens with one attached hydrogen (secondary N) is 4. The molecule has 36 heavy (non-hydrogen) atoms. The van der Waals surface area contributed by atoms with E-state index in [-0.39, 0.29) is 28.9 Å². The van der Waals surface area contributed by atoms with Gasteiger partial charge in [-0.15, -0.1) is 0 Å². The summed E-state index contributed by atoms with van der Waals surface area (Å²) in [5.41, 5.74) is 6.90. The highest BCUT2D eigenvalue weighted by molar-refractivity contribution is 6.43. The fourth-order valence-electron chi connectivity index (χ4n) is 6.16. The van der Waals surface area contributed by atoms with Gasteiger partial charge in [0.15, 0.2) is 0 Å². The average Bonchev–Trinajstić information content (AvgIpc) is 2.81. The Bertz CT molecular complexity index is 1610. The standard InChI is InChI=1S/C30H28N4O2/c1-29(2)31-19-9-5-7-15-17(11-13-21(33-29)23(15)19)25-27(35)26(28(25)36)18-12-14-22-24-16(18)8-6-10-20(24)32-30(3,4)34-22/h5-14,21,31-35H,1-4H3/b25-17-. The molecule has 6 nitrogen and oxygen atoms in total. The van der Waals surface area contributed by atoms with Crippen molar-refractivity contribution in [3.8, 4) is 0 Å². The molecular weight excluding hydrogens is 448 g/mol. The smallest absolute Gasteiger partial charge is 0.201 e. The molecule has 0 spiro atoms. The van der Waals surface area contributed by atoms with Gasteiger partial charge in [-0.05, 0) is 68.0 Å². The SMILES string of the molecule is CC1(C)Nc2cccc3c(C4=C(O)/C(=C5\C=CC6NC(C)(C)Nc7cccc5c76)C4=O)ccc(c23)N1. The van der Waals surface area contributed by atoms with Crippen LogP contribution in [0.15, 0.2) is 72.0 Å². The van der Waals surface area contributed by atoms with E-state index < -0.39 is 0 Å². The summed E-state index contributed by atoms with van der Waals surface area (Å²) in [6.45, 7) is 8.38. The molecule has 3 aromatic carbocycles. The number of anilines is 3. The number of benzene rings is 3. The van der Waals surface area contributed by atoms with Crippen LogP contribution in [0.1, 0.15) is 50.4 Å². The Morgan fingerprint density at radius 3 is 2.25 bits per heavy atom. The highest BCUT2D eigenvalue weighted by atomic mass is 16.3. The minimum absolute atomic E-state index is 0.0438. The summed E-state index contributed by atoms with van der Waals surface area (Å²) in [5.74, 6) is -0.0662. The number of Topliss-reactive ketones (excluding diaryl/α,β-unsaturated/α-hetero) is 1. The lowest BCUT2D eigenvalue weighted by Crippen LogP contribution is -2.51. The zero-order valence-corrected chi connectivity index (χ0v) is 20.7. The third kappa shape index (κ3) is 2.85. The number of allylic oxidation sites excluding steroid dienone is 4. The van der Waals surface area contributed by atoms with Gasteiger partial charge < -0.3 is 21.1 Å². The van der Waals surface area contributed by atoms with E-state index in [2.05, 4.69) is 61.1 Å². The van der Waals surface area contributed by atoms with Gasteiger partial charge in [-0.25, -0.2) is 0 Å². The van der Waals surface area contributed by atoms with E-state index >= 15 is 0 Å². The van der Waals surface area contributed by atoms with Crippen molar-refractivity contribution in [1.82, 2.24) is 5.32 Å². The Kier molecular flexibility index (Phi) is 4.02. The van der Waals surface area contributed by atoms with Crippen molar-refractivity contribution in [1.29, 1.82) is 0 Å². The maximum atomic E-state index is 13.7. The van der Waals surface area contributed by atoms with Crippen molar-refractivity contribution in [2.45, 2.75) is 45.1 Å². The Balaban J connectivity index is 1.39. The Hall–Kier alpha value is -4.03. The molecule has 2 heterocycles. The lowest BCUT2D eigenvalue weighted by Gasteiger charge is -2.42. The van der Waals surface area contributed by atoms with Crippen molar-refractivity contribution in [3.63, 3.8) is 0 Å². The van der Waals surface area contributed by atoms with Crippen LogP contribution in [0.25, 0.3) is 21.9 Å². The molecule has 4 aliphatic rings. The molecule has 7 rings (SSSR count). The van der Waals surface area contributed by atoms with Crippen molar-refractivity contribution in [2.75, 3.05) is 16.0 Å². The molecule has 0 saturated carbocycles. The van der Waals surface area contributed by atoms with Crippen LogP contribution in [0.5, 0.6) is 0 Å². The summed E-state index contributed by atoms with van der Waals surface area (Å²) >= 11 is 0. The highest BCUT2D eigenvalue weighted by Gasteiger charge is 2.41. The molecule has 0 radical (unpaired) electrons.